The van der Waals surface area contributed by atoms with E-state index in [1.54, 1.807) is 4.90 Å². The Labute approximate surface area is 148 Å². The van der Waals surface area contributed by atoms with Gasteiger partial charge in [-0.05, 0) is 49.7 Å². The van der Waals surface area contributed by atoms with Crippen molar-refractivity contribution in [1.82, 2.24) is 10.6 Å². The van der Waals surface area contributed by atoms with Crippen LogP contribution in [-0.4, -0.2) is 30.4 Å². The number of nitrogens with zero attached hydrogens (tertiary/aromatic N) is 1. The number of cyclic esters (lactones) is 1. The molecule has 1 saturated heterocycles. The highest BCUT2D eigenvalue weighted by Gasteiger charge is 2.24. The largest absolute Gasteiger partial charge is 0.447 e. The minimum Gasteiger partial charge on any atom is -0.447 e. The average Bonchev–Trinajstić information content (AvgIpc) is 3.02. The molecule has 1 heterocycles. The second-order valence-electron chi connectivity index (χ2n) is 6.54. The van der Waals surface area contributed by atoms with Crippen molar-refractivity contribution in [3.05, 3.63) is 29.8 Å². The van der Waals surface area contributed by atoms with Crippen LogP contribution in [0.15, 0.2) is 24.3 Å². The third-order valence-electron chi connectivity index (χ3n) is 4.73. The van der Waals surface area contributed by atoms with E-state index in [9.17, 15) is 4.79 Å². The fourth-order valence-electron chi connectivity index (χ4n) is 3.34. The Morgan fingerprint density at radius 1 is 1.33 bits per heavy atom. The molecule has 24 heavy (non-hydrogen) atoms. The van der Waals surface area contributed by atoms with E-state index in [4.69, 9.17) is 17.0 Å². The lowest BCUT2D eigenvalue weighted by molar-refractivity contribution is 0.181. The van der Waals surface area contributed by atoms with Gasteiger partial charge in [-0.15, -0.1) is 0 Å². The molecule has 3 rings (SSSR count). The Kier molecular flexibility index (Phi) is 5.56. The Morgan fingerprint density at radius 3 is 2.83 bits per heavy atom. The maximum atomic E-state index is 11.7. The highest BCUT2D eigenvalue weighted by Crippen LogP contribution is 2.23. The van der Waals surface area contributed by atoms with Crippen LogP contribution in [-0.2, 0) is 4.74 Å². The first-order valence-corrected chi connectivity index (χ1v) is 9.15. The van der Waals surface area contributed by atoms with Gasteiger partial charge in [0.15, 0.2) is 5.11 Å². The summed E-state index contributed by atoms with van der Waals surface area (Å²) in [5.41, 5.74) is 1.97. The number of carbonyl (C=O) groups is 1. The molecule has 1 saturated carbocycles. The van der Waals surface area contributed by atoms with Crippen LogP contribution in [0, 0.1) is 0 Å². The number of thiocarbonyl (C=S) groups is 1. The fraction of sp³-hybridized carbons (Fsp3) is 0.556. The Bertz CT molecular complexity index is 602. The normalized spacial score (nSPS) is 19.7. The molecule has 2 N–H and O–H groups in total. The second kappa shape index (κ2) is 7.83. The molecule has 6 heteroatoms. The van der Waals surface area contributed by atoms with E-state index in [0.29, 0.717) is 24.3 Å². The van der Waals surface area contributed by atoms with Gasteiger partial charge in [-0.25, -0.2) is 4.79 Å². The van der Waals surface area contributed by atoms with E-state index in [0.717, 1.165) is 11.3 Å². The quantitative estimate of drug-likeness (QED) is 0.817. The summed E-state index contributed by atoms with van der Waals surface area (Å²) in [5.74, 6) is 0. The van der Waals surface area contributed by atoms with Crippen LogP contribution < -0.4 is 15.5 Å². The predicted molar refractivity (Wildman–Crippen MR) is 99.3 cm³/mol. The molecule has 0 aromatic heterocycles. The second-order valence-corrected chi connectivity index (χ2v) is 6.94. The topological polar surface area (TPSA) is 53.6 Å². The third-order valence-corrected chi connectivity index (χ3v) is 4.97. The van der Waals surface area contributed by atoms with Gasteiger partial charge in [-0.1, -0.05) is 31.4 Å². The van der Waals surface area contributed by atoms with Crippen molar-refractivity contribution >= 4 is 29.1 Å². The van der Waals surface area contributed by atoms with Gasteiger partial charge in [0.05, 0.1) is 12.6 Å². The zero-order chi connectivity index (χ0) is 16.9. The molecule has 1 aliphatic heterocycles. The summed E-state index contributed by atoms with van der Waals surface area (Å²) in [6, 6.07) is 8.54. The molecular formula is C18H25N3O2S. The molecule has 0 unspecified atom stereocenters. The van der Waals surface area contributed by atoms with Crippen LogP contribution >= 0.6 is 12.2 Å². The minimum atomic E-state index is -0.276. The number of hydrogen-bond donors (Lipinski definition) is 2. The summed E-state index contributed by atoms with van der Waals surface area (Å²) in [7, 11) is 0. The molecule has 0 bridgehead atoms. The molecule has 1 aromatic carbocycles. The Morgan fingerprint density at radius 2 is 2.12 bits per heavy atom. The molecule has 1 aromatic rings. The fourth-order valence-corrected chi connectivity index (χ4v) is 3.69. The summed E-state index contributed by atoms with van der Waals surface area (Å²) in [4.78, 5) is 13.4. The summed E-state index contributed by atoms with van der Waals surface area (Å²) in [6.45, 7) is 3.13. The van der Waals surface area contributed by atoms with Gasteiger partial charge < -0.3 is 15.4 Å². The van der Waals surface area contributed by atoms with Crippen LogP contribution in [0.1, 0.15) is 50.6 Å². The highest BCUT2D eigenvalue weighted by molar-refractivity contribution is 7.80. The monoisotopic (exact) mass is 347 g/mol. The van der Waals surface area contributed by atoms with Crippen LogP contribution in [0.2, 0.25) is 0 Å². The van der Waals surface area contributed by atoms with Crippen LogP contribution in [0.5, 0.6) is 0 Å². The molecule has 0 spiro atoms. The summed E-state index contributed by atoms with van der Waals surface area (Å²) >= 11 is 5.46. The zero-order valence-corrected chi connectivity index (χ0v) is 14.9. The van der Waals surface area contributed by atoms with Crippen LogP contribution in [0.4, 0.5) is 10.5 Å². The van der Waals surface area contributed by atoms with E-state index in [-0.39, 0.29) is 12.1 Å². The lowest BCUT2D eigenvalue weighted by atomic mass is 9.96. The van der Waals surface area contributed by atoms with Crippen molar-refractivity contribution in [1.29, 1.82) is 0 Å². The Hall–Kier alpha value is -1.82. The van der Waals surface area contributed by atoms with E-state index < -0.39 is 0 Å². The number of benzene rings is 1. The van der Waals surface area contributed by atoms with E-state index in [2.05, 4.69) is 17.6 Å². The number of amides is 1. The zero-order valence-electron chi connectivity index (χ0n) is 14.1. The van der Waals surface area contributed by atoms with Gasteiger partial charge in [0.2, 0.25) is 0 Å². The maximum absolute atomic E-state index is 11.7. The van der Waals surface area contributed by atoms with Gasteiger partial charge in [0, 0.05) is 11.7 Å². The number of rotatable bonds is 4. The van der Waals surface area contributed by atoms with Gasteiger partial charge >= 0.3 is 6.09 Å². The van der Waals surface area contributed by atoms with Crippen LogP contribution in [0.3, 0.4) is 0 Å². The summed E-state index contributed by atoms with van der Waals surface area (Å²) in [5, 5.41) is 7.50. The molecular weight excluding hydrogens is 322 g/mol. The van der Waals surface area contributed by atoms with Gasteiger partial charge in [0.1, 0.15) is 6.61 Å². The lowest BCUT2D eigenvalue weighted by Gasteiger charge is -2.26. The molecule has 130 valence electrons. The molecule has 5 nitrogen and oxygen atoms in total. The van der Waals surface area contributed by atoms with Crippen molar-refractivity contribution in [2.45, 2.75) is 51.1 Å². The maximum Gasteiger partial charge on any atom is 0.414 e. The van der Waals surface area contributed by atoms with E-state index in [1.165, 1.54) is 32.1 Å². The van der Waals surface area contributed by atoms with Crippen molar-refractivity contribution in [3.8, 4) is 0 Å². The summed E-state index contributed by atoms with van der Waals surface area (Å²) in [6.07, 6.45) is 6.02. The van der Waals surface area contributed by atoms with Gasteiger partial charge in [-0.2, -0.15) is 0 Å². The molecule has 2 aliphatic rings. The van der Waals surface area contributed by atoms with Crippen molar-refractivity contribution in [2.75, 3.05) is 18.1 Å². The van der Waals surface area contributed by atoms with Gasteiger partial charge in [0.25, 0.3) is 0 Å². The Balaban J connectivity index is 1.59. The van der Waals surface area contributed by atoms with E-state index in [1.807, 2.05) is 24.3 Å². The standard InChI is InChI=1S/C18H25N3O2S/c1-13(19-17(24)20-15-7-3-2-4-8-15)14-6-5-9-16(12-14)21-10-11-23-18(21)22/h5-6,9,12-13,15H,2-4,7-8,10-11H2,1H3,(H2,19,20,24)/t13-/m0/s1. The van der Waals surface area contributed by atoms with Crippen LogP contribution in [0.25, 0.3) is 0 Å². The minimum absolute atomic E-state index is 0.0761. The first kappa shape index (κ1) is 17.0. The van der Waals surface area contributed by atoms with E-state index >= 15 is 0 Å². The molecule has 1 atom stereocenters. The first-order chi connectivity index (χ1) is 11.6. The number of carbonyl (C=O) groups excluding carboxylic acids is 1. The molecule has 0 radical (unpaired) electrons. The summed E-state index contributed by atoms with van der Waals surface area (Å²) < 4.78 is 5.01. The van der Waals surface area contributed by atoms with Crippen molar-refractivity contribution < 1.29 is 9.53 Å². The van der Waals surface area contributed by atoms with Gasteiger partial charge in [-0.3, -0.25) is 4.90 Å². The number of nitrogens with one attached hydrogen (secondary N) is 2. The SMILES string of the molecule is C[C@H](NC(=S)NC1CCCCC1)c1cccc(N2CCOC2=O)c1. The van der Waals surface area contributed by atoms with Crippen molar-refractivity contribution in [3.63, 3.8) is 0 Å². The first-order valence-electron chi connectivity index (χ1n) is 8.75. The van der Waals surface area contributed by atoms with Crippen molar-refractivity contribution in [2.24, 2.45) is 0 Å². The third kappa shape index (κ3) is 4.17. The predicted octanol–water partition coefficient (Wildman–Crippen LogP) is 3.50. The number of anilines is 1. The smallest absolute Gasteiger partial charge is 0.414 e. The lowest BCUT2D eigenvalue weighted by Crippen LogP contribution is -2.43. The average molecular weight is 347 g/mol. The highest BCUT2D eigenvalue weighted by atomic mass is 32.1. The molecule has 1 amide bonds. The number of ether oxygens (including phenoxy) is 1. The molecule has 1 aliphatic carbocycles. The molecule has 2 fully saturated rings. The number of hydrogen-bond acceptors (Lipinski definition) is 3.